The van der Waals surface area contributed by atoms with Crippen molar-refractivity contribution in [3.05, 3.63) is 65.7 Å². The third-order valence-electron chi connectivity index (χ3n) is 4.30. The Morgan fingerprint density at radius 1 is 1.11 bits per heavy atom. The second-order valence-electron chi connectivity index (χ2n) is 6.10. The van der Waals surface area contributed by atoms with Gasteiger partial charge in [0.25, 0.3) is 0 Å². The molecule has 1 aliphatic rings. The maximum Gasteiger partial charge on any atom is 0.339 e. The second-order valence-corrected chi connectivity index (χ2v) is 6.10. The first-order chi connectivity index (χ1) is 13.1. The number of methoxy groups -OCH3 is 1. The highest BCUT2D eigenvalue weighted by molar-refractivity contribution is 6.06. The van der Waals surface area contributed by atoms with E-state index in [1.807, 2.05) is 24.3 Å². The van der Waals surface area contributed by atoms with Crippen LogP contribution in [-0.4, -0.2) is 31.4 Å². The van der Waals surface area contributed by atoms with Crippen LogP contribution >= 0.6 is 0 Å². The maximum absolute atomic E-state index is 12.2. The van der Waals surface area contributed by atoms with Gasteiger partial charge < -0.3 is 15.0 Å². The summed E-state index contributed by atoms with van der Waals surface area (Å²) in [5.74, 6) is -0.728. The third-order valence-corrected chi connectivity index (χ3v) is 4.30. The van der Waals surface area contributed by atoms with Gasteiger partial charge >= 0.3 is 5.97 Å². The van der Waals surface area contributed by atoms with E-state index in [-0.39, 0.29) is 11.8 Å². The molecule has 0 spiro atoms. The summed E-state index contributed by atoms with van der Waals surface area (Å²) < 4.78 is 4.71. The lowest BCUT2D eigenvalue weighted by molar-refractivity contribution is -0.117. The molecule has 2 amide bonds. The molecule has 1 fully saturated rings. The highest BCUT2D eigenvalue weighted by atomic mass is 16.5. The maximum atomic E-state index is 12.2. The van der Waals surface area contributed by atoms with Gasteiger partial charge in [0.05, 0.1) is 18.4 Å². The van der Waals surface area contributed by atoms with Gasteiger partial charge in [-0.2, -0.15) is 0 Å². The van der Waals surface area contributed by atoms with E-state index in [0.29, 0.717) is 17.7 Å². The van der Waals surface area contributed by atoms with Gasteiger partial charge in [-0.25, -0.2) is 4.79 Å². The molecule has 2 aromatic rings. The quantitative estimate of drug-likeness (QED) is 0.653. The Hall–Kier alpha value is -3.41. The van der Waals surface area contributed by atoms with Crippen LogP contribution in [0.15, 0.2) is 54.6 Å². The minimum atomic E-state index is -0.512. The van der Waals surface area contributed by atoms with Crippen molar-refractivity contribution < 1.29 is 19.1 Å². The molecule has 0 atom stereocenters. The van der Waals surface area contributed by atoms with Crippen molar-refractivity contribution in [2.24, 2.45) is 0 Å². The number of anilines is 2. The minimum Gasteiger partial charge on any atom is -0.465 e. The number of carbonyl (C=O) groups is 3. The topological polar surface area (TPSA) is 75.7 Å². The highest BCUT2D eigenvalue weighted by Crippen LogP contribution is 2.22. The van der Waals surface area contributed by atoms with Gasteiger partial charge in [-0.1, -0.05) is 24.3 Å². The van der Waals surface area contributed by atoms with Crippen LogP contribution < -0.4 is 10.2 Å². The summed E-state index contributed by atoms with van der Waals surface area (Å²) in [6.45, 7) is 0.746. The van der Waals surface area contributed by atoms with E-state index >= 15 is 0 Å². The first-order valence-electron chi connectivity index (χ1n) is 8.65. The van der Waals surface area contributed by atoms with E-state index in [2.05, 4.69) is 5.32 Å². The lowest BCUT2D eigenvalue weighted by Crippen LogP contribution is -2.23. The van der Waals surface area contributed by atoms with Gasteiger partial charge in [0.15, 0.2) is 0 Å². The zero-order chi connectivity index (χ0) is 19.2. The molecule has 0 aliphatic carbocycles. The standard InChI is InChI=1S/C21H20N2O4/c1-27-21(26)17-5-2-3-6-18(17)22-19(24)13-10-15-8-11-16(12-9-15)23-14-4-7-20(23)25/h2-3,5-6,8-13H,4,7,14H2,1H3,(H,22,24)/b13-10+. The van der Waals surface area contributed by atoms with Crippen molar-refractivity contribution in [2.45, 2.75) is 12.8 Å². The van der Waals surface area contributed by atoms with Crippen molar-refractivity contribution in [2.75, 3.05) is 23.9 Å². The first kappa shape index (κ1) is 18.4. The fourth-order valence-electron chi connectivity index (χ4n) is 2.91. The number of benzene rings is 2. The molecule has 0 bridgehead atoms. The van der Waals surface area contributed by atoms with Crippen LogP contribution in [0.2, 0.25) is 0 Å². The molecule has 0 unspecified atom stereocenters. The lowest BCUT2D eigenvalue weighted by atomic mass is 10.1. The number of amides is 2. The molecular weight excluding hydrogens is 344 g/mol. The summed E-state index contributed by atoms with van der Waals surface area (Å²) >= 11 is 0. The Morgan fingerprint density at radius 2 is 1.85 bits per heavy atom. The van der Waals surface area contributed by atoms with Gasteiger partial charge in [-0.05, 0) is 42.3 Å². The number of carbonyl (C=O) groups excluding carboxylic acids is 3. The molecule has 0 aromatic heterocycles. The van der Waals surface area contributed by atoms with E-state index in [1.54, 1.807) is 35.2 Å². The monoisotopic (exact) mass is 364 g/mol. The van der Waals surface area contributed by atoms with E-state index in [0.717, 1.165) is 24.2 Å². The van der Waals surface area contributed by atoms with Crippen LogP contribution in [0.3, 0.4) is 0 Å². The van der Waals surface area contributed by atoms with Gasteiger partial charge in [0, 0.05) is 24.7 Å². The van der Waals surface area contributed by atoms with Gasteiger partial charge in [0.2, 0.25) is 11.8 Å². The summed E-state index contributed by atoms with van der Waals surface area (Å²) in [5, 5.41) is 2.68. The molecule has 6 heteroatoms. The van der Waals surface area contributed by atoms with Crippen LogP contribution in [0, 0.1) is 0 Å². The molecular formula is C21H20N2O4. The fourth-order valence-corrected chi connectivity index (χ4v) is 2.91. The number of nitrogens with zero attached hydrogens (tertiary/aromatic N) is 1. The van der Waals surface area contributed by atoms with E-state index in [9.17, 15) is 14.4 Å². The van der Waals surface area contributed by atoms with Crippen LogP contribution in [0.1, 0.15) is 28.8 Å². The van der Waals surface area contributed by atoms with Crippen molar-refractivity contribution in [1.29, 1.82) is 0 Å². The molecule has 2 aromatic carbocycles. The normalized spacial score (nSPS) is 13.8. The van der Waals surface area contributed by atoms with Crippen LogP contribution in [-0.2, 0) is 14.3 Å². The number of esters is 1. The zero-order valence-corrected chi connectivity index (χ0v) is 15.0. The summed E-state index contributed by atoms with van der Waals surface area (Å²) in [5.41, 5.74) is 2.39. The zero-order valence-electron chi connectivity index (χ0n) is 15.0. The summed E-state index contributed by atoms with van der Waals surface area (Å²) in [7, 11) is 1.29. The minimum absolute atomic E-state index is 0.141. The molecule has 138 valence electrons. The molecule has 1 N–H and O–H groups in total. The summed E-state index contributed by atoms with van der Waals surface area (Å²) in [6.07, 6.45) is 4.54. The van der Waals surface area contributed by atoms with Crippen molar-refractivity contribution >= 4 is 35.2 Å². The predicted octanol–water partition coefficient (Wildman–Crippen LogP) is 3.25. The van der Waals surface area contributed by atoms with Crippen molar-refractivity contribution in [1.82, 2.24) is 0 Å². The molecule has 27 heavy (non-hydrogen) atoms. The van der Waals surface area contributed by atoms with Crippen LogP contribution in [0.5, 0.6) is 0 Å². The highest BCUT2D eigenvalue weighted by Gasteiger charge is 2.21. The molecule has 1 heterocycles. The molecule has 1 saturated heterocycles. The van der Waals surface area contributed by atoms with E-state index in [1.165, 1.54) is 13.2 Å². The van der Waals surface area contributed by atoms with Gasteiger partial charge in [-0.3, -0.25) is 9.59 Å². The summed E-state index contributed by atoms with van der Waals surface area (Å²) in [6, 6.07) is 14.1. The van der Waals surface area contributed by atoms with Crippen LogP contribution in [0.4, 0.5) is 11.4 Å². The number of nitrogens with one attached hydrogen (secondary N) is 1. The molecule has 3 rings (SSSR count). The molecule has 6 nitrogen and oxygen atoms in total. The Kier molecular flexibility index (Phi) is 5.66. The third kappa shape index (κ3) is 4.41. The number of para-hydroxylation sites is 1. The average molecular weight is 364 g/mol. The molecule has 0 saturated carbocycles. The smallest absolute Gasteiger partial charge is 0.339 e. The summed E-state index contributed by atoms with van der Waals surface area (Å²) in [4.78, 5) is 37.4. The number of rotatable bonds is 5. The molecule has 0 radical (unpaired) electrons. The number of hydrogen-bond acceptors (Lipinski definition) is 4. The van der Waals surface area contributed by atoms with Crippen LogP contribution in [0.25, 0.3) is 6.08 Å². The largest absolute Gasteiger partial charge is 0.465 e. The van der Waals surface area contributed by atoms with E-state index < -0.39 is 5.97 Å². The van der Waals surface area contributed by atoms with Gasteiger partial charge in [0.1, 0.15) is 0 Å². The average Bonchev–Trinajstić information content (AvgIpc) is 3.12. The predicted molar refractivity (Wildman–Crippen MR) is 103 cm³/mol. The van der Waals surface area contributed by atoms with Gasteiger partial charge in [-0.15, -0.1) is 0 Å². The first-order valence-corrected chi connectivity index (χ1v) is 8.65. The van der Waals surface area contributed by atoms with Crippen molar-refractivity contribution in [3.8, 4) is 0 Å². The lowest BCUT2D eigenvalue weighted by Gasteiger charge is -2.15. The molecule has 1 aliphatic heterocycles. The number of hydrogen-bond donors (Lipinski definition) is 1. The Balaban J connectivity index is 1.65. The Morgan fingerprint density at radius 3 is 2.52 bits per heavy atom. The number of ether oxygens (including phenoxy) is 1. The Bertz CT molecular complexity index is 887. The SMILES string of the molecule is COC(=O)c1ccccc1NC(=O)/C=C/c1ccc(N2CCCC2=O)cc1. The second kappa shape index (κ2) is 8.31. The van der Waals surface area contributed by atoms with E-state index in [4.69, 9.17) is 4.74 Å². The fraction of sp³-hybridized carbons (Fsp3) is 0.190. The van der Waals surface area contributed by atoms with Crippen molar-refractivity contribution in [3.63, 3.8) is 0 Å². The Labute approximate surface area is 157 Å².